The lowest BCUT2D eigenvalue weighted by Gasteiger charge is -2.17. The van der Waals surface area contributed by atoms with Crippen LogP contribution < -0.4 is 10.6 Å². The molecule has 6 nitrogen and oxygen atoms in total. The monoisotopic (exact) mass is 469 g/mol. The van der Waals surface area contributed by atoms with Crippen molar-refractivity contribution in [2.24, 2.45) is 5.92 Å². The van der Waals surface area contributed by atoms with Crippen molar-refractivity contribution in [3.63, 3.8) is 0 Å². The summed E-state index contributed by atoms with van der Waals surface area (Å²) in [7, 11) is 0. The second-order valence-corrected chi connectivity index (χ2v) is 11.1. The minimum Gasteiger partial charge on any atom is -0.330 e. The first-order chi connectivity index (χ1) is 14.9. The molecule has 0 bridgehead atoms. The number of amides is 1. The van der Waals surface area contributed by atoms with E-state index in [2.05, 4.69) is 59.8 Å². The van der Waals surface area contributed by atoms with E-state index in [-0.39, 0.29) is 11.7 Å². The number of nitrogens with one attached hydrogen (secondary N) is 2. The number of aromatic nitrogens is 2. The third-order valence-electron chi connectivity index (χ3n) is 5.37. The van der Waals surface area contributed by atoms with Crippen molar-refractivity contribution < 1.29 is 4.79 Å². The van der Waals surface area contributed by atoms with Crippen LogP contribution in [-0.2, 0) is 17.6 Å². The van der Waals surface area contributed by atoms with Gasteiger partial charge in [-0.15, -0.1) is 21.5 Å². The van der Waals surface area contributed by atoms with E-state index in [1.165, 1.54) is 39.1 Å². The highest BCUT2D eigenvalue weighted by Crippen LogP contribution is 2.39. The lowest BCUT2D eigenvalue weighted by Crippen LogP contribution is -2.14. The standard InChI is InChI=1S/C22H23N5OS3/c1-12-4-7-16-17(10-23)20(30-18(16)8-12)25-19(28)11-29-22-27-26-21(31-22)24-15-6-5-13(2)14(3)9-15/h5-6,9,12H,4,7-8,11H2,1-3H3,(H,24,26)(H,25,28). The Bertz CT molecular complexity index is 1160. The SMILES string of the molecule is Cc1ccc(Nc2nnc(SCC(=O)Nc3sc4c(c3C#N)CCC(C)C4)s2)cc1C. The van der Waals surface area contributed by atoms with Gasteiger partial charge in [-0.25, -0.2) is 0 Å². The van der Waals surface area contributed by atoms with Crippen LogP contribution >= 0.6 is 34.4 Å². The summed E-state index contributed by atoms with van der Waals surface area (Å²) in [5.74, 6) is 0.718. The molecule has 0 aliphatic heterocycles. The third kappa shape index (κ3) is 5.09. The van der Waals surface area contributed by atoms with Crippen LogP contribution in [0.25, 0.3) is 0 Å². The number of nitrogens with zero attached hydrogens (tertiary/aromatic N) is 3. The summed E-state index contributed by atoms with van der Waals surface area (Å²) in [6, 6.07) is 8.45. The molecule has 1 amide bonds. The lowest BCUT2D eigenvalue weighted by molar-refractivity contribution is -0.113. The summed E-state index contributed by atoms with van der Waals surface area (Å²) in [6.45, 7) is 6.38. The molecular formula is C22H23N5OS3. The molecule has 1 aliphatic carbocycles. The van der Waals surface area contributed by atoms with Gasteiger partial charge in [0.05, 0.1) is 11.3 Å². The maximum Gasteiger partial charge on any atom is 0.235 e. The van der Waals surface area contributed by atoms with Crippen molar-refractivity contribution in [2.75, 3.05) is 16.4 Å². The number of nitriles is 1. The van der Waals surface area contributed by atoms with Crippen LogP contribution in [-0.4, -0.2) is 21.9 Å². The molecule has 2 heterocycles. The number of thioether (sulfide) groups is 1. The van der Waals surface area contributed by atoms with Gasteiger partial charge in [-0.3, -0.25) is 4.79 Å². The van der Waals surface area contributed by atoms with Crippen LogP contribution in [0.2, 0.25) is 0 Å². The molecule has 2 aromatic heterocycles. The molecule has 1 aromatic carbocycles. The predicted molar refractivity (Wildman–Crippen MR) is 129 cm³/mol. The Morgan fingerprint density at radius 1 is 1.29 bits per heavy atom. The first-order valence-corrected chi connectivity index (χ1v) is 12.7. The van der Waals surface area contributed by atoms with Crippen molar-refractivity contribution in [1.29, 1.82) is 5.26 Å². The van der Waals surface area contributed by atoms with Crippen LogP contribution in [0.3, 0.4) is 0 Å². The first kappa shape index (κ1) is 21.8. The van der Waals surface area contributed by atoms with Crippen molar-refractivity contribution in [2.45, 2.75) is 44.4 Å². The average molecular weight is 470 g/mol. The number of hydrogen-bond donors (Lipinski definition) is 2. The molecule has 0 radical (unpaired) electrons. The normalized spacial score (nSPS) is 15.2. The number of hydrogen-bond acceptors (Lipinski definition) is 8. The molecule has 0 fully saturated rings. The molecular weight excluding hydrogens is 446 g/mol. The first-order valence-electron chi connectivity index (χ1n) is 10.1. The highest BCUT2D eigenvalue weighted by molar-refractivity contribution is 8.01. The van der Waals surface area contributed by atoms with E-state index in [1.807, 2.05) is 6.07 Å². The zero-order valence-electron chi connectivity index (χ0n) is 17.6. The quantitative estimate of drug-likeness (QED) is 0.451. The van der Waals surface area contributed by atoms with Crippen LogP contribution in [0.4, 0.5) is 15.8 Å². The van der Waals surface area contributed by atoms with Gasteiger partial charge >= 0.3 is 0 Å². The smallest absolute Gasteiger partial charge is 0.235 e. The molecule has 4 rings (SSSR count). The maximum absolute atomic E-state index is 12.5. The second-order valence-electron chi connectivity index (χ2n) is 7.80. The van der Waals surface area contributed by atoms with Crippen molar-refractivity contribution in [3.05, 3.63) is 45.3 Å². The Balaban J connectivity index is 1.35. The number of aryl methyl sites for hydroxylation is 2. The van der Waals surface area contributed by atoms with Gasteiger partial charge < -0.3 is 10.6 Å². The average Bonchev–Trinajstić information content (AvgIpc) is 3.32. The molecule has 160 valence electrons. The summed E-state index contributed by atoms with van der Waals surface area (Å²) in [5, 5.41) is 25.5. The molecule has 3 aromatic rings. The molecule has 1 unspecified atom stereocenters. The summed E-state index contributed by atoms with van der Waals surface area (Å²) in [5.41, 5.74) is 5.18. The van der Waals surface area contributed by atoms with Crippen LogP contribution in [0, 0.1) is 31.1 Å². The minimum absolute atomic E-state index is 0.132. The summed E-state index contributed by atoms with van der Waals surface area (Å²) >= 11 is 4.31. The topological polar surface area (TPSA) is 90.7 Å². The predicted octanol–water partition coefficient (Wildman–Crippen LogP) is 5.69. The molecule has 2 N–H and O–H groups in total. The number of anilines is 3. The van der Waals surface area contributed by atoms with Crippen molar-refractivity contribution in [1.82, 2.24) is 10.2 Å². The fourth-order valence-electron chi connectivity index (χ4n) is 3.51. The fraction of sp³-hybridized carbons (Fsp3) is 0.364. The van der Waals surface area contributed by atoms with Gasteiger partial charge in [-0.1, -0.05) is 36.1 Å². The van der Waals surface area contributed by atoms with E-state index >= 15 is 0 Å². The molecule has 31 heavy (non-hydrogen) atoms. The van der Waals surface area contributed by atoms with Gasteiger partial charge in [-0.05, 0) is 67.9 Å². The van der Waals surface area contributed by atoms with Gasteiger partial charge in [0.15, 0.2) is 4.34 Å². The number of rotatable bonds is 6. The van der Waals surface area contributed by atoms with Gasteiger partial charge in [0.1, 0.15) is 11.1 Å². The van der Waals surface area contributed by atoms with E-state index in [0.717, 1.165) is 34.9 Å². The van der Waals surface area contributed by atoms with E-state index in [0.29, 0.717) is 21.6 Å². The molecule has 9 heteroatoms. The zero-order valence-corrected chi connectivity index (χ0v) is 20.1. The van der Waals surface area contributed by atoms with E-state index < -0.39 is 0 Å². The van der Waals surface area contributed by atoms with E-state index in [9.17, 15) is 10.1 Å². The van der Waals surface area contributed by atoms with Crippen LogP contribution in [0.1, 0.15) is 40.5 Å². The summed E-state index contributed by atoms with van der Waals surface area (Å²) < 4.78 is 0.723. The fourth-order valence-corrected chi connectivity index (χ4v) is 6.46. The van der Waals surface area contributed by atoms with Crippen LogP contribution in [0.15, 0.2) is 22.5 Å². The maximum atomic E-state index is 12.5. The largest absolute Gasteiger partial charge is 0.330 e. The minimum atomic E-state index is -0.132. The van der Waals surface area contributed by atoms with E-state index in [4.69, 9.17) is 0 Å². The molecule has 0 spiro atoms. The number of carbonyl (C=O) groups excluding carboxylic acids is 1. The molecule has 1 atom stereocenters. The second kappa shape index (κ2) is 9.39. The lowest BCUT2D eigenvalue weighted by atomic mass is 9.89. The molecule has 0 saturated carbocycles. The van der Waals surface area contributed by atoms with Crippen molar-refractivity contribution in [3.8, 4) is 6.07 Å². The third-order valence-corrected chi connectivity index (χ3v) is 8.51. The van der Waals surface area contributed by atoms with Gasteiger partial charge in [0.2, 0.25) is 11.0 Å². The molecule has 1 aliphatic rings. The number of fused-ring (bicyclic) bond motifs is 1. The van der Waals surface area contributed by atoms with Crippen LogP contribution in [0.5, 0.6) is 0 Å². The Morgan fingerprint density at radius 2 is 2.13 bits per heavy atom. The summed E-state index contributed by atoms with van der Waals surface area (Å²) in [4.78, 5) is 13.7. The summed E-state index contributed by atoms with van der Waals surface area (Å²) in [6.07, 6.45) is 3.00. The number of thiophene rings is 1. The highest BCUT2D eigenvalue weighted by Gasteiger charge is 2.24. The molecule has 0 saturated heterocycles. The number of carbonyl (C=O) groups is 1. The Morgan fingerprint density at radius 3 is 2.90 bits per heavy atom. The Kier molecular flexibility index (Phi) is 6.60. The number of benzene rings is 1. The Hall–Kier alpha value is -2.41. The highest BCUT2D eigenvalue weighted by atomic mass is 32.2. The van der Waals surface area contributed by atoms with Crippen molar-refractivity contribution >= 4 is 56.2 Å². The Labute approximate surface area is 194 Å². The zero-order chi connectivity index (χ0) is 22.0. The van der Waals surface area contributed by atoms with E-state index in [1.54, 1.807) is 11.3 Å². The van der Waals surface area contributed by atoms with Gasteiger partial charge in [0.25, 0.3) is 0 Å². The van der Waals surface area contributed by atoms with Gasteiger partial charge in [-0.2, -0.15) is 5.26 Å². The van der Waals surface area contributed by atoms with Gasteiger partial charge in [0, 0.05) is 10.6 Å².